The number of hydrogen-bond acceptors (Lipinski definition) is 6. The van der Waals surface area contributed by atoms with Gasteiger partial charge in [-0.15, -0.1) is 0 Å². The SMILES string of the molecule is CC1=CC(N(c2ccccn2)c2cccc3c2oc2ccccc23)C2=CCc3c(C)cc(N(c4ccccn4)c4cccc5c4oc4ccccc45)c4ccc1c2c34. The van der Waals surface area contributed by atoms with Gasteiger partial charge in [-0.2, -0.15) is 0 Å². The summed E-state index contributed by atoms with van der Waals surface area (Å²) in [5.41, 5.74) is 14.0. The summed E-state index contributed by atoms with van der Waals surface area (Å²) in [5.74, 6) is 1.68. The molecular weight excluding hydrogens is 713 g/mol. The van der Waals surface area contributed by atoms with Gasteiger partial charge in [0, 0.05) is 39.3 Å². The molecule has 0 radical (unpaired) electrons. The van der Waals surface area contributed by atoms with Crippen molar-refractivity contribution >= 4 is 94.5 Å². The highest BCUT2D eigenvalue weighted by Crippen LogP contribution is 2.52. The highest BCUT2D eigenvalue weighted by atomic mass is 16.3. The maximum Gasteiger partial charge on any atom is 0.159 e. The molecule has 0 aliphatic heterocycles. The van der Waals surface area contributed by atoms with Gasteiger partial charge >= 0.3 is 0 Å². The van der Waals surface area contributed by atoms with Crippen molar-refractivity contribution in [3.63, 3.8) is 0 Å². The average Bonchev–Trinajstić information content (AvgIpc) is 3.85. The lowest BCUT2D eigenvalue weighted by atomic mass is 9.75. The number of pyridine rings is 2. The van der Waals surface area contributed by atoms with Crippen molar-refractivity contribution in [3.8, 4) is 0 Å². The summed E-state index contributed by atoms with van der Waals surface area (Å²) in [5, 5.41) is 6.81. The predicted octanol–water partition coefficient (Wildman–Crippen LogP) is 13.8. The van der Waals surface area contributed by atoms with E-state index in [0.29, 0.717) is 0 Å². The predicted molar refractivity (Wildman–Crippen MR) is 238 cm³/mol. The summed E-state index contributed by atoms with van der Waals surface area (Å²) in [4.78, 5) is 14.6. The quantitative estimate of drug-likeness (QED) is 0.169. The van der Waals surface area contributed by atoms with Crippen LogP contribution in [-0.2, 0) is 6.42 Å². The highest BCUT2D eigenvalue weighted by molar-refractivity contribution is 6.15. The standard InChI is InChI=1S/C52H36N4O2/c1-31-29-43(55(47-21-7-9-27-53-47)41-17-11-15-37-35-13-3-5-19-45(35)57-51(37)41)39-26-24-34-32(2)30-44(40-25-23-33(31)49(39)50(34)40)56(48-22-8-10-28-54-48)42-18-12-16-38-36-14-4-6-20-46(36)58-52(38)42/h3-23,25-30,43H,24H2,1-2H3. The number of hydrogen-bond donors (Lipinski definition) is 0. The zero-order chi connectivity index (χ0) is 38.5. The first kappa shape index (κ1) is 32.8. The number of para-hydroxylation sites is 4. The number of anilines is 5. The Balaban J connectivity index is 1.10. The molecule has 0 spiro atoms. The molecule has 0 amide bonds. The molecule has 6 nitrogen and oxygen atoms in total. The Kier molecular flexibility index (Phi) is 7.08. The molecule has 4 heterocycles. The van der Waals surface area contributed by atoms with Crippen molar-refractivity contribution in [1.29, 1.82) is 0 Å². The number of fused-ring (bicyclic) bond motifs is 6. The van der Waals surface area contributed by atoms with E-state index in [1.165, 1.54) is 44.2 Å². The van der Waals surface area contributed by atoms with Crippen LogP contribution >= 0.6 is 0 Å². The number of aryl methyl sites for hydroxylation is 1. The Morgan fingerprint density at radius 2 is 1.19 bits per heavy atom. The van der Waals surface area contributed by atoms with Crippen LogP contribution in [0.5, 0.6) is 0 Å². The van der Waals surface area contributed by atoms with Crippen LogP contribution in [0.1, 0.15) is 29.2 Å². The Morgan fingerprint density at radius 1 is 0.569 bits per heavy atom. The van der Waals surface area contributed by atoms with Gasteiger partial charge in [0.15, 0.2) is 11.2 Å². The molecule has 1 atom stereocenters. The van der Waals surface area contributed by atoms with Crippen LogP contribution in [0.3, 0.4) is 0 Å². The summed E-state index contributed by atoms with van der Waals surface area (Å²) in [6, 6.07) is 48.5. The third-order valence-electron chi connectivity index (χ3n) is 12.1. The topological polar surface area (TPSA) is 58.5 Å². The van der Waals surface area contributed by atoms with E-state index < -0.39 is 0 Å². The molecule has 276 valence electrons. The number of nitrogens with zero attached hydrogens (tertiary/aromatic N) is 4. The van der Waals surface area contributed by atoms with Crippen LogP contribution in [0.2, 0.25) is 0 Å². The fourth-order valence-corrected chi connectivity index (χ4v) is 9.59. The Bertz CT molecular complexity index is 3360. The third kappa shape index (κ3) is 4.72. The molecule has 10 aromatic rings. The van der Waals surface area contributed by atoms with E-state index in [2.05, 4.69) is 139 Å². The maximum atomic E-state index is 6.69. The maximum absolute atomic E-state index is 6.69. The Labute approximate surface area is 334 Å². The van der Waals surface area contributed by atoms with Crippen molar-refractivity contribution in [2.75, 3.05) is 9.80 Å². The summed E-state index contributed by atoms with van der Waals surface area (Å²) in [6.07, 6.45) is 9.40. The van der Waals surface area contributed by atoms with Crippen LogP contribution < -0.4 is 9.80 Å². The van der Waals surface area contributed by atoms with Gasteiger partial charge in [-0.1, -0.05) is 97.1 Å². The molecule has 0 N–H and O–H groups in total. The van der Waals surface area contributed by atoms with Gasteiger partial charge in [-0.3, -0.25) is 4.90 Å². The largest absolute Gasteiger partial charge is 0.454 e. The second-order valence-corrected chi connectivity index (χ2v) is 15.3. The van der Waals surface area contributed by atoms with Crippen molar-refractivity contribution < 1.29 is 8.83 Å². The smallest absolute Gasteiger partial charge is 0.159 e. The molecule has 0 fully saturated rings. The number of allylic oxidation sites excluding steroid dienone is 2. The molecule has 1 unspecified atom stereocenters. The van der Waals surface area contributed by atoms with E-state index in [-0.39, 0.29) is 6.04 Å². The second kappa shape index (κ2) is 12.5. The lowest BCUT2D eigenvalue weighted by Crippen LogP contribution is -2.34. The molecule has 6 heteroatoms. The third-order valence-corrected chi connectivity index (χ3v) is 12.1. The van der Waals surface area contributed by atoms with Gasteiger partial charge in [-0.05, 0) is 114 Å². The summed E-state index contributed by atoms with van der Waals surface area (Å²) >= 11 is 0. The van der Waals surface area contributed by atoms with Crippen LogP contribution in [0.25, 0.3) is 65.8 Å². The molecule has 0 saturated carbocycles. The monoisotopic (exact) mass is 748 g/mol. The zero-order valence-corrected chi connectivity index (χ0v) is 32.0. The van der Waals surface area contributed by atoms with Gasteiger partial charge in [0.1, 0.15) is 22.8 Å². The number of benzene rings is 6. The van der Waals surface area contributed by atoms with Gasteiger partial charge in [0.2, 0.25) is 0 Å². The number of aromatic nitrogens is 2. The van der Waals surface area contributed by atoms with Crippen LogP contribution in [0.15, 0.2) is 173 Å². The van der Waals surface area contributed by atoms with E-state index in [1.54, 1.807) is 0 Å². The molecule has 4 aromatic heterocycles. The van der Waals surface area contributed by atoms with Gasteiger partial charge in [0.25, 0.3) is 0 Å². The number of furan rings is 2. The molecule has 2 aliphatic carbocycles. The van der Waals surface area contributed by atoms with Crippen LogP contribution in [0, 0.1) is 6.92 Å². The molecule has 58 heavy (non-hydrogen) atoms. The first-order valence-electron chi connectivity index (χ1n) is 19.8. The summed E-state index contributed by atoms with van der Waals surface area (Å²) in [6.45, 7) is 4.49. The molecule has 2 aliphatic rings. The van der Waals surface area contributed by atoms with E-state index >= 15 is 0 Å². The summed E-state index contributed by atoms with van der Waals surface area (Å²) in [7, 11) is 0. The minimum absolute atomic E-state index is 0.153. The second-order valence-electron chi connectivity index (χ2n) is 15.3. The Hall–Kier alpha value is -7.44. The zero-order valence-electron chi connectivity index (χ0n) is 32.0. The first-order chi connectivity index (χ1) is 28.6. The summed E-state index contributed by atoms with van der Waals surface area (Å²) < 4.78 is 13.4. The first-order valence-corrected chi connectivity index (χ1v) is 19.8. The van der Waals surface area contributed by atoms with E-state index in [4.69, 9.17) is 18.8 Å². The fourth-order valence-electron chi connectivity index (χ4n) is 9.59. The minimum Gasteiger partial charge on any atom is -0.454 e. The lowest BCUT2D eigenvalue weighted by molar-refractivity contribution is 0.667. The van der Waals surface area contributed by atoms with Crippen LogP contribution in [0.4, 0.5) is 28.7 Å². The highest BCUT2D eigenvalue weighted by Gasteiger charge is 2.36. The lowest BCUT2D eigenvalue weighted by Gasteiger charge is -2.39. The minimum atomic E-state index is -0.153. The van der Waals surface area contributed by atoms with Gasteiger partial charge in [-0.25, -0.2) is 9.97 Å². The van der Waals surface area contributed by atoms with Crippen molar-refractivity contribution in [3.05, 3.63) is 186 Å². The number of rotatable bonds is 6. The van der Waals surface area contributed by atoms with Crippen LogP contribution in [-0.4, -0.2) is 16.0 Å². The normalized spacial score (nSPS) is 14.7. The molecule has 6 aromatic carbocycles. The van der Waals surface area contributed by atoms with E-state index in [1.807, 2.05) is 48.8 Å². The Morgan fingerprint density at radius 3 is 1.88 bits per heavy atom. The molecule has 0 bridgehead atoms. The van der Waals surface area contributed by atoms with E-state index in [0.717, 1.165) is 79.0 Å². The fraction of sp³-hybridized carbons (Fsp3) is 0.0769. The van der Waals surface area contributed by atoms with Gasteiger partial charge < -0.3 is 13.7 Å². The molecule has 0 saturated heterocycles. The van der Waals surface area contributed by atoms with Gasteiger partial charge in [0.05, 0.1) is 23.1 Å². The van der Waals surface area contributed by atoms with Crippen molar-refractivity contribution in [2.45, 2.75) is 26.3 Å². The van der Waals surface area contributed by atoms with Crippen molar-refractivity contribution in [2.24, 2.45) is 0 Å². The van der Waals surface area contributed by atoms with E-state index in [9.17, 15) is 0 Å². The molecular formula is C52H36N4O2. The van der Waals surface area contributed by atoms with Crippen molar-refractivity contribution in [1.82, 2.24) is 9.97 Å². The average molecular weight is 749 g/mol. The molecule has 12 rings (SSSR count).